The molecule has 0 aliphatic heterocycles. The summed E-state index contributed by atoms with van der Waals surface area (Å²) in [6.45, 7) is 0. The zero-order valence-electron chi connectivity index (χ0n) is 17.5. The molecule has 4 aromatic rings. The lowest BCUT2D eigenvalue weighted by molar-refractivity contribution is 0.0595. The highest BCUT2D eigenvalue weighted by Gasteiger charge is 2.53. The Kier molecular flexibility index (Phi) is 8.58. The number of thiophene rings is 1. The van der Waals surface area contributed by atoms with Crippen molar-refractivity contribution in [2.24, 2.45) is 0 Å². The maximum absolute atomic E-state index is 14.0. The van der Waals surface area contributed by atoms with Gasteiger partial charge in [0.25, 0.3) is 11.1 Å². The fourth-order valence-corrected chi connectivity index (χ4v) is 5.96. The molecule has 0 spiro atoms. The quantitative estimate of drug-likeness (QED) is 0.165. The van der Waals surface area contributed by atoms with Crippen molar-refractivity contribution in [1.29, 1.82) is 0 Å². The molecule has 6 nitrogen and oxygen atoms in total. The molecule has 0 saturated heterocycles. The SMILES string of the molecule is O=C(Cl)c1ccccc1.O=C(Nc1ccc2c(Br)c(C(F)(F)P(=O)(O)O)sc2c1)c1ccccc1. The molecule has 1 aromatic heterocycles. The lowest BCUT2D eigenvalue weighted by atomic mass is 10.2. The van der Waals surface area contributed by atoms with Crippen molar-refractivity contribution in [2.75, 3.05) is 5.32 Å². The molecular weight excluding hydrogens is 587 g/mol. The molecule has 4 rings (SSSR count). The molecule has 0 saturated carbocycles. The largest absolute Gasteiger partial charge is 0.400 e. The van der Waals surface area contributed by atoms with E-state index in [4.69, 9.17) is 21.4 Å². The molecule has 0 unspecified atom stereocenters. The molecule has 182 valence electrons. The topological polar surface area (TPSA) is 104 Å². The number of benzene rings is 3. The van der Waals surface area contributed by atoms with Gasteiger partial charge in [0.1, 0.15) is 4.88 Å². The Bertz CT molecular complexity index is 1410. The first-order valence-corrected chi connectivity index (χ1v) is 13.3. The van der Waals surface area contributed by atoms with Crippen LogP contribution >= 0.6 is 46.5 Å². The van der Waals surface area contributed by atoms with Gasteiger partial charge in [-0.1, -0.05) is 54.6 Å². The van der Waals surface area contributed by atoms with Crippen LogP contribution in [0.25, 0.3) is 10.1 Å². The predicted octanol–water partition coefficient (Wildman–Crippen LogP) is 7.21. The highest BCUT2D eigenvalue weighted by atomic mass is 79.9. The van der Waals surface area contributed by atoms with Crippen molar-refractivity contribution in [3.8, 4) is 0 Å². The van der Waals surface area contributed by atoms with Crippen LogP contribution in [0.2, 0.25) is 0 Å². The molecule has 1 amide bonds. The second kappa shape index (κ2) is 11.1. The Balaban J connectivity index is 0.000000320. The number of carbonyl (C=O) groups is 2. The van der Waals surface area contributed by atoms with Crippen molar-refractivity contribution < 1.29 is 32.7 Å². The van der Waals surface area contributed by atoms with Gasteiger partial charge in [-0.2, -0.15) is 8.78 Å². The number of fused-ring (bicyclic) bond motifs is 1. The predicted molar refractivity (Wildman–Crippen MR) is 136 cm³/mol. The van der Waals surface area contributed by atoms with Crippen molar-refractivity contribution in [3.05, 3.63) is 99.3 Å². The maximum atomic E-state index is 14.0. The van der Waals surface area contributed by atoms with Gasteiger partial charge in [0.15, 0.2) is 0 Å². The summed E-state index contributed by atoms with van der Waals surface area (Å²) in [5.41, 5.74) is -2.94. The van der Waals surface area contributed by atoms with Crippen LogP contribution in [0.15, 0.2) is 83.3 Å². The number of carbonyl (C=O) groups excluding carboxylic acids is 2. The number of anilines is 1. The van der Waals surface area contributed by atoms with Gasteiger partial charge in [-0.05, 0) is 51.8 Å². The molecule has 3 N–H and O–H groups in total. The first kappa shape index (κ1) is 27.1. The lowest BCUT2D eigenvalue weighted by Crippen LogP contribution is -2.12. The molecule has 0 radical (unpaired) electrons. The van der Waals surface area contributed by atoms with E-state index in [0.29, 0.717) is 38.2 Å². The van der Waals surface area contributed by atoms with E-state index in [-0.39, 0.29) is 10.4 Å². The molecule has 35 heavy (non-hydrogen) atoms. The Morgan fingerprint density at radius 2 is 1.49 bits per heavy atom. The smallest absolute Gasteiger partial charge is 0.322 e. The van der Waals surface area contributed by atoms with Gasteiger partial charge in [0.05, 0.1) is 0 Å². The van der Waals surface area contributed by atoms with Crippen LogP contribution in [0.4, 0.5) is 14.5 Å². The summed E-state index contributed by atoms with van der Waals surface area (Å²) < 4.78 is 39.5. The third-order valence-electron chi connectivity index (χ3n) is 4.56. The molecule has 3 aromatic carbocycles. The number of amides is 1. The van der Waals surface area contributed by atoms with Gasteiger partial charge in [0, 0.05) is 31.4 Å². The Morgan fingerprint density at radius 3 is 1.97 bits per heavy atom. The zero-order chi connectivity index (χ0) is 25.8. The van der Waals surface area contributed by atoms with E-state index in [1.165, 1.54) is 18.2 Å². The summed E-state index contributed by atoms with van der Waals surface area (Å²) in [6, 6.07) is 21.7. The minimum atomic E-state index is -5.67. The van der Waals surface area contributed by atoms with Crippen LogP contribution in [-0.2, 0) is 10.2 Å². The Labute approximate surface area is 215 Å². The lowest BCUT2D eigenvalue weighted by Gasteiger charge is -2.16. The van der Waals surface area contributed by atoms with E-state index in [0.717, 1.165) is 0 Å². The Hall–Kier alpha value is -2.46. The van der Waals surface area contributed by atoms with Crippen molar-refractivity contribution in [1.82, 2.24) is 0 Å². The molecule has 0 aliphatic carbocycles. The molecule has 0 atom stereocenters. The third-order valence-corrected chi connectivity index (χ3v) is 8.20. The van der Waals surface area contributed by atoms with Crippen LogP contribution < -0.4 is 5.32 Å². The zero-order valence-corrected chi connectivity index (χ0v) is 21.5. The van der Waals surface area contributed by atoms with Crippen molar-refractivity contribution >= 4 is 73.4 Å². The number of nitrogens with one attached hydrogen (secondary N) is 1. The molecule has 0 bridgehead atoms. The van der Waals surface area contributed by atoms with E-state index < -0.39 is 23.4 Å². The number of halogens is 4. The number of rotatable bonds is 5. The first-order valence-electron chi connectivity index (χ1n) is 9.69. The minimum Gasteiger partial charge on any atom is -0.322 e. The maximum Gasteiger partial charge on any atom is 0.400 e. The van der Waals surface area contributed by atoms with Crippen LogP contribution in [-0.4, -0.2) is 20.9 Å². The summed E-state index contributed by atoms with van der Waals surface area (Å²) in [7, 11) is -5.67. The summed E-state index contributed by atoms with van der Waals surface area (Å²) in [6.07, 6.45) is 0. The summed E-state index contributed by atoms with van der Waals surface area (Å²) in [5, 5.41) is 2.62. The van der Waals surface area contributed by atoms with Gasteiger partial charge in [-0.15, -0.1) is 11.3 Å². The highest BCUT2D eigenvalue weighted by Crippen LogP contribution is 2.62. The molecular formula is C23H16BrClF2NO5PS. The van der Waals surface area contributed by atoms with Gasteiger partial charge in [0.2, 0.25) is 0 Å². The fourth-order valence-electron chi connectivity index (χ4n) is 2.83. The van der Waals surface area contributed by atoms with Crippen LogP contribution in [0, 0.1) is 0 Å². The highest BCUT2D eigenvalue weighted by molar-refractivity contribution is 9.10. The number of hydrogen-bond acceptors (Lipinski definition) is 4. The standard InChI is InChI=1S/C16H11BrF2NO4PS.C7H5ClO/c17-13-11-7-6-10(20-15(21)9-4-2-1-3-5-9)8-12(11)26-14(13)16(18,19)25(22,23)24;8-7(9)6-4-2-1-3-5-6/h1-8H,(H,20,21)(H2,22,23,24);1-5H. The molecule has 1 heterocycles. The van der Waals surface area contributed by atoms with E-state index in [9.17, 15) is 22.9 Å². The van der Waals surface area contributed by atoms with Crippen LogP contribution in [0.3, 0.4) is 0 Å². The van der Waals surface area contributed by atoms with Gasteiger partial charge in [-0.3, -0.25) is 14.2 Å². The van der Waals surface area contributed by atoms with E-state index >= 15 is 0 Å². The fraction of sp³-hybridized carbons (Fsp3) is 0.0435. The summed E-state index contributed by atoms with van der Waals surface area (Å²) in [5.74, 6) is -0.360. The average Bonchev–Trinajstić information content (AvgIpc) is 3.16. The van der Waals surface area contributed by atoms with Crippen LogP contribution in [0.1, 0.15) is 25.6 Å². The molecule has 12 heteroatoms. The normalized spacial score (nSPS) is 11.5. The van der Waals surface area contributed by atoms with Gasteiger partial charge >= 0.3 is 13.3 Å². The van der Waals surface area contributed by atoms with E-state index in [2.05, 4.69) is 21.2 Å². The summed E-state index contributed by atoms with van der Waals surface area (Å²) >= 11 is 8.71. The average molecular weight is 603 g/mol. The summed E-state index contributed by atoms with van der Waals surface area (Å²) in [4.78, 5) is 39.7. The monoisotopic (exact) mass is 601 g/mol. The third kappa shape index (κ3) is 6.41. The van der Waals surface area contributed by atoms with Gasteiger partial charge < -0.3 is 15.1 Å². The van der Waals surface area contributed by atoms with Crippen LogP contribution in [0.5, 0.6) is 0 Å². The minimum absolute atomic E-state index is 0.0771. The Morgan fingerprint density at radius 1 is 0.943 bits per heavy atom. The molecule has 0 fully saturated rings. The molecule has 0 aliphatic rings. The van der Waals surface area contributed by atoms with E-state index in [1.54, 1.807) is 54.6 Å². The number of alkyl halides is 2. The van der Waals surface area contributed by atoms with Gasteiger partial charge in [-0.25, -0.2) is 0 Å². The first-order chi connectivity index (χ1) is 16.4. The number of hydrogen-bond donors (Lipinski definition) is 3. The second-order valence-electron chi connectivity index (χ2n) is 7.00. The second-order valence-corrected chi connectivity index (χ2v) is 10.8. The van der Waals surface area contributed by atoms with E-state index in [1.807, 2.05) is 6.07 Å². The van der Waals surface area contributed by atoms with Crippen molar-refractivity contribution in [3.63, 3.8) is 0 Å². The van der Waals surface area contributed by atoms with Crippen molar-refractivity contribution in [2.45, 2.75) is 5.66 Å².